The van der Waals surface area contributed by atoms with Crippen molar-refractivity contribution in [2.75, 3.05) is 7.11 Å². The Morgan fingerprint density at radius 1 is 1.10 bits per heavy atom. The molecule has 0 radical (unpaired) electrons. The highest BCUT2D eigenvalue weighted by Gasteiger charge is 2.22. The molecule has 0 heterocycles. The summed E-state index contributed by atoms with van der Waals surface area (Å²) in [5.74, 6) is 0.888. The molecule has 0 spiro atoms. The number of hydrogen-bond donors (Lipinski definition) is 2. The van der Waals surface area contributed by atoms with E-state index in [1.165, 1.54) is 22.8 Å². The highest BCUT2D eigenvalue weighted by atomic mass is 16.5. The smallest absolute Gasteiger partial charge is 0.119 e. The van der Waals surface area contributed by atoms with Crippen LogP contribution in [0.5, 0.6) is 5.75 Å². The van der Waals surface area contributed by atoms with Crippen LogP contribution in [0.1, 0.15) is 31.2 Å². The number of methoxy groups -OCH3 is 1. The zero-order valence-electron chi connectivity index (χ0n) is 12.5. The minimum Gasteiger partial charge on any atom is -0.497 e. The number of fused-ring (bicyclic) bond motifs is 1. The highest BCUT2D eigenvalue weighted by Crippen LogP contribution is 2.23. The second kappa shape index (κ2) is 6.46. The topological polar surface area (TPSA) is 41.5 Å². The number of rotatable bonds is 4. The molecule has 3 heteroatoms. The zero-order valence-corrected chi connectivity index (χ0v) is 12.5. The van der Waals surface area contributed by atoms with Gasteiger partial charge in [-0.3, -0.25) is 0 Å². The lowest BCUT2D eigenvalue weighted by molar-refractivity contribution is 0.0903. The number of benzene rings is 2. The van der Waals surface area contributed by atoms with Gasteiger partial charge in [-0.25, -0.2) is 0 Å². The SMILES string of the molecule is COc1ccc2cc(CNC3CCCCC3O)ccc2c1. The van der Waals surface area contributed by atoms with Crippen LogP contribution in [-0.4, -0.2) is 24.4 Å². The van der Waals surface area contributed by atoms with E-state index >= 15 is 0 Å². The van der Waals surface area contributed by atoms with Crippen molar-refractivity contribution < 1.29 is 9.84 Å². The van der Waals surface area contributed by atoms with E-state index in [4.69, 9.17) is 4.74 Å². The van der Waals surface area contributed by atoms with E-state index in [0.29, 0.717) is 0 Å². The lowest BCUT2D eigenvalue weighted by atomic mass is 9.92. The summed E-state index contributed by atoms with van der Waals surface area (Å²) < 4.78 is 5.25. The molecular weight excluding hydrogens is 262 g/mol. The van der Waals surface area contributed by atoms with E-state index < -0.39 is 0 Å². The van der Waals surface area contributed by atoms with Gasteiger partial charge in [-0.2, -0.15) is 0 Å². The molecule has 0 saturated heterocycles. The molecule has 0 aromatic heterocycles. The van der Waals surface area contributed by atoms with Gasteiger partial charge in [0.1, 0.15) is 5.75 Å². The summed E-state index contributed by atoms with van der Waals surface area (Å²) in [6.07, 6.45) is 4.17. The van der Waals surface area contributed by atoms with Gasteiger partial charge in [-0.1, -0.05) is 31.0 Å². The van der Waals surface area contributed by atoms with Crippen molar-refractivity contribution in [3.8, 4) is 5.75 Å². The van der Waals surface area contributed by atoms with E-state index in [1.54, 1.807) is 7.11 Å². The van der Waals surface area contributed by atoms with Crippen LogP contribution in [0.15, 0.2) is 36.4 Å². The Bertz CT molecular complexity index is 611. The number of aliphatic hydroxyl groups is 1. The van der Waals surface area contributed by atoms with Gasteiger partial charge in [0, 0.05) is 12.6 Å². The first-order valence-corrected chi connectivity index (χ1v) is 7.74. The van der Waals surface area contributed by atoms with Crippen LogP contribution >= 0.6 is 0 Å². The van der Waals surface area contributed by atoms with Gasteiger partial charge in [0.2, 0.25) is 0 Å². The first-order valence-electron chi connectivity index (χ1n) is 7.74. The number of aliphatic hydroxyl groups excluding tert-OH is 1. The fourth-order valence-corrected chi connectivity index (χ4v) is 3.11. The molecule has 2 atom stereocenters. The van der Waals surface area contributed by atoms with Crippen LogP contribution in [0.25, 0.3) is 10.8 Å². The fourth-order valence-electron chi connectivity index (χ4n) is 3.11. The molecule has 0 bridgehead atoms. The Kier molecular flexibility index (Phi) is 4.42. The first kappa shape index (κ1) is 14.4. The third-order valence-corrected chi connectivity index (χ3v) is 4.41. The molecule has 3 rings (SSSR count). The van der Waals surface area contributed by atoms with Gasteiger partial charge in [-0.05, 0) is 47.4 Å². The molecule has 1 aliphatic carbocycles. The summed E-state index contributed by atoms with van der Waals surface area (Å²) in [6.45, 7) is 0.809. The maximum atomic E-state index is 10.0. The quantitative estimate of drug-likeness (QED) is 0.906. The van der Waals surface area contributed by atoms with Crippen molar-refractivity contribution in [2.24, 2.45) is 0 Å². The highest BCUT2D eigenvalue weighted by molar-refractivity contribution is 5.84. The predicted octanol–water partition coefficient (Wildman–Crippen LogP) is 3.24. The molecule has 1 aliphatic rings. The molecule has 112 valence electrons. The van der Waals surface area contributed by atoms with E-state index in [1.807, 2.05) is 6.07 Å². The molecule has 0 amide bonds. The maximum Gasteiger partial charge on any atom is 0.119 e. The van der Waals surface area contributed by atoms with Crippen molar-refractivity contribution in [1.29, 1.82) is 0 Å². The summed E-state index contributed by atoms with van der Waals surface area (Å²) in [5, 5.41) is 15.9. The molecule has 2 aromatic rings. The van der Waals surface area contributed by atoms with Crippen LogP contribution in [0.2, 0.25) is 0 Å². The average molecular weight is 285 g/mol. The van der Waals surface area contributed by atoms with Gasteiger partial charge >= 0.3 is 0 Å². The summed E-state index contributed by atoms with van der Waals surface area (Å²) in [7, 11) is 1.69. The van der Waals surface area contributed by atoms with Gasteiger partial charge in [0.15, 0.2) is 0 Å². The molecule has 0 aliphatic heterocycles. The summed E-state index contributed by atoms with van der Waals surface area (Å²) in [5.41, 5.74) is 1.26. The molecule has 2 unspecified atom stereocenters. The first-order chi connectivity index (χ1) is 10.3. The minimum atomic E-state index is -0.191. The molecule has 1 saturated carbocycles. The van der Waals surface area contributed by atoms with Crippen LogP contribution < -0.4 is 10.1 Å². The maximum absolute atomic E-state index is 10.0. The molecule has 3 nitrogen and oxygen atoms in total. The third kappa shape index (κ3) is 3.36. The molecule has 1 fully saturated rings. The Morgan fingerprint density at radius 2 is 1.86 bits per heavy atom. The fraction of sp³-hybridized carbons (Fsp3) is 0.444. The van der Waals surface area contributed by atoms with E-state index in [9.17, 15) is 5.11 Å². The monoisotopic (exact) mass is 285 g/mol. The van der Waals surface area contributed by atoms with Gasteiger partial charge < -0.3 is 15.2 Å². The third-order valence-electron chi connectivity index (χ3n) is 4.41. The molecule has 21 heavy (non-hydrogen) atoms. The minimum absolute atomic E-state index is 0.191. The van der Waals surface area contributed by atoms with Crippen molar-refractivity contribution in [3.63, 3.8) is 0 Å². The van der Waals surface area contributed by atoms with Crippen LogP contribution in [-0.2, 0) is 6.54 Å². The zero-order chi connectivity index (χ0) is 14.7. The van der Waals surface area contributed by atoms with E-state index in [0.717, 1.165) is 31.6 Å². The largest absolute Gasteiger partial charge is 0.497 e. The van der Waals surface area contributed by atoms with Crippen LogP contribution in [0, 0.1) is 0 Å². The van der Waals surface area contributed by atoms with Crippen molar-refractivity contribution in [2.45, 2.75) is 44.4 Å². The Labute approximate surface area is 125 Å². The van der Waals surface area contributed by atoms with Crippen LogP contribution in [0.3, 0.4) is 0 Å². The lowest BCUT2D eigenvalue weighted by Gasteiger charge is -2.28. The molecule has 2 N–H and O–H groups in total. The van der Waals surface area contributed by atoms with E-state index in [-0.39, 0.29) is 12.1 Å². The second-order valence-electron chi connectivity index (χ2n) is 5.89. The lowest BCUT2D eigenvalue weighted by Crippen LogP contribution is -2.41. The van der Waals surface area contributed by atoms with Crippen molar-refractivity contribution >= 4 is 10.8 Å². The summed E-state index contributed by atoms with van der Waals surface area (Å²) in [4.78, 5) is 0. The molecule has 2 aromatic carbocycles. The Balaban J connectivity index is 1.69. The number of nitrogens with one attached hydrogen (secondary N) is 1. The predicted molar refractivity (Wildman–Crippen MR) is 85.6 cm³/mol. The Morgan fingerprint density at radius 3 is 2.67 bits per heavy atom. The van der Waals surface area contributed by atoms with Gasteiger partial charge in [0.25, 0.3) is 0 Å². The number of hydrogen-bond acceptors (Lipinski definition) is 3. The van der Waals surface area contributed by atoms with Gasteiger partial charge in [0.05, 0.1) is 13.2 Å². The summed E-state index contributed by atoms with van der Waals surface area (Å²) >= 11 is 0. The average Bonchev–Trinajstić information content (AvgIpc) is 2.53. The van der Waals surface area contributed by atoms with E-state index in [2.05, 4.69) is 35.6 Å². The molecular formula is C18H23NO2. The summed E-state index contributed by atoms with van der Waals surface area (Å²) in [6, 6.07) is 12.9. The normalized spacial score (nSPS) is 22.4. The number of ether oxygens (including phenoxy) is 1. The van der Waals surface area contributed by atoms with Crippen molar-refractivity contribution in [3.05, 3.63) is 42.0 Å². The van der Waals surface area contributed by atoms with Crippen molar-refractivity contribution in [1.82, 2.24) is 5.32 Å². The van der Waals surface area contributed by atoms with Crippen LogP contribution in [0.4, 0.5) is 0 Å². The second-order valence-corrected chi connectivity index (χ2v) is 5.89. The Hall–Kier alpha value is -1.58. The standard InChI is InChI=1S/C18H23NO2/c1-21-16-9-8-14-10-13(6-7-15(14)11-16)12-19-17-4-2-3-5-18(17)20/h6-11,17-20H,2-5,12H2,1H3. The van der Waals surface area contributed by atoms with Gasteiger partial charge in [-0.15, -0.1) is 0 Å².